The van der Waals surface area contributed by atoms with Gasteiger partial charge in [0.05, 0.1) is 10.6 Å². The van der Waals surface area contributed by atoms with Crippen molar-refractivity contribution in [1.29, 1.82) is 0 Å². The molecule has 0 atom stereocenters. The monoisotopic (exact) mass is 350 g/mol. The number of rotatable bonds is 3. The lowest BCUT2D eigenvalue weighted by Gasteiger charge is -2.08. The number of ether oxygens (including phenoxy) is 1. The molecule has 0 radical (unpaired) electrons. The molecule has 0 N–H and O–H groups in total. The molecule has 4 nitrogen and oxygen atoms in total. The van der Waals surface area contributed by atoms with Crippen LogP contribution in [0.4, 0.5) is 0 Å². The maximum Gasteiger partial charge on any atom is 0.276 e. The smallest absolute Gasteiger partial charge is 0.276 e. The van der Waals surface area contributed by atoms with Gasteiger partial charge in [-0.2, -0.15) is 0 Å². The van der Waals surface area contributed by atoms with Gasteiger partial charge in [0, 0.05) is 13.1 Å². The fourth-order valence-electron chi connectivity index (χ4n) is 2.83. The number of terminal acetylenes is 1. The SMILES string of the molecule is C#CCOc1cc(-c2c(Cl)n3n(c2=O)CCCCC3)ccc1Cl. The van der Waals surface area contributed by atoms with Crippen molar-refractivity contribution in [3.63, 3.8) is 0 Å². The fourth-order valence-corrected chi connectivity index (χ4v) is 3.37. The van der Waals surface area contributed by atoms with Crippen molar-refractivity contribution >= 4 is 23.2 Å². The molecule has 0 saturated carbocycles. The molecule has 120 valence electrons. The first kappa shape index (κ1) is 16.0. The Morgan fingerprint density at radius 1 is 1.17 bits per heavy atom. The van der Waals surface area contributed by atoms with Gasteiger partial charge in [-0.3, -0.25) is 9.48 Å². The Kier molecular flexibility index (Phi) is 4.70. The lowest BCUT2D eigenvalue weighted by molar-refractivity contribution is 0.371. The summed E-state index contributed by atoms with van der Waals surface area (Å²) >= 11 is 12.6. The molecular weight excluding hydrogens is 335 g/mol. The molecule has 1 aliphatic heterocycles. The summed E-state index contributed by atoms with van der Waals surface area (Å²) < 4.78 is 9.01. The predicted molar refractivity (Wildman–Crippen MR) is 92.3 cm³/mol. The molecule has 6 heteroatoms. The third-order valence-electron chi connectivity index (χ3n) is 3.94. The van der Waals surface area contributed by atoms with Crippen LogP contribution in [0.25, 0.3) is 11.1 Å². The maximum atomic E-state index is 12.7. The minimum Gasteiger partial charge on any atom is -0.479 e. The first-order valence-corrected chi connectivity index (χ1v) is 8.24. The van der Waals surface area contributed by atoms with Crippen molar-refractivity contribution in [2.45, 2.75) is 32.4 Å². The van der Waals surface area contributed by atoms with Crippen molar-refractivity contribution in [2.75, 3.05) is 6.61 Å². The quantitative estimate of drug-likeness (QED) is 0.789. The van der Waals surface area contributed by atoms with Crippen LogP contribution in [-0.4, -0.2) is 16.0 Å². The third-order valence-corrected chi connectivity index (χ3v) is 4.64. The number of hydrogen-bond acceptors (Lipinski definition) is 2. The predicted octanol–water partition coefficient (Wildman–Crippen LogP) is 3.82. The third kappa shape index (κ3) is 2.99. The van der Waals surface area contributed by atoms with E-state index < -0.39 is 0 Å². The molecule has 2 aromatic rings. The minimum absolute atomic E-state index is 0.0814. The Morgan fingerprint density at radius 3 is 2.65 bits per heavy atom. The molecular formula is C17H16Cl2N2O2. The highest BCUT2D eigenvalue weighted by atomic mass is 35.5. The van der Waals surface area contributed by atoms with Gasteiger partial charge in [0.2, 0.25) is 0 Å². The molecule has 2 heterocycles. The van der Waals surface area contributed by atoms with Gasteiger partial charge in [-0.15, -0.1) is 6.42 Å². The number of halogens is 2. The van der Waals surface area contributed by atoms with Gasteiger partial charge in [-0.25, -0.2) is 4.68 Å². The van der Waals surface area contributed by atoms with Gasteiger partial charge in [0.25, 0.3) is 5.56 Å². The summed E-state index contributed by atoms with van der Waals surface area (Å²) in [5.74, 6) is 2.84. The average molecular weight is 351 g/mol. The summed E-state index contributed by atoms with van der Waals surface area (Å²) in [6.45, 7) is 1.55. The minimum atomic E-state index is -0.0814. The van der Waals surface area contributed by atoms with Gasteiger partial charge >= 0.3 is 0 Å². The normalized spacial score (nSPS) is 14.0. The Morgan fingerprint density at radius 2 is 1.91 bits per heavy atom. The first-order valence-electron chi connectivity index (χ1n) is 7.48. The van der Waals surface area contributed by atoms with Crippen molar-refractivity contribution < 1.29 is 4.74 Å². The lowest BCUT2D eigenvalue weighted by Crippen LogP contribution is -2.22. The van der Waals surface area contributed by atoms with Crippen LogP contribution in [0.5, 0.6) is 5.75 Å². The molecule has 0 bridgehead atoms. The van der Waals surface area contributed by atoms with Crippen molar-refractivity contribution in [1.82, 2.24) is 9.36 Å². The van der Waals surface area contributed by atoms with Crippen molar-refractivity contribution in [2.24, 2.45) is 0 Å². The fraction of sp³-hybridized carbons (Fsp3) is 0.353. The van der Waals surface area contributed by atoms with Crippen LogP contribution in [-0.2, 0) is 13.1 Å². The highest BCUT2D eigenvalue weighted by Gasteiger charge is 2.21. The lowest BCUT2D eigenvalue weighted by atomic mass is 10.1. The molecule has 0 amide bonds. The van der Waals surface area contributed by atoms with Gasteiger partial charge in [-0.1, -0.05) is 35.2 Å². The average Bonchev–Trinajstić information content (AvgIpc) is 2.74. The second-order valence-electron chi connectivity index (χ2n) is 5.42. The summed E-state index contributed by atoms with van der Waals surface area (Å²) in [6.07, 6.45) is 8.31. The zero-order chi connectivity index (χ0) is 16.4. The van der Waals surface area contributed by atoms with Crippen LogP contribution >= 0.6 is 23.2 Å². The number of aromatic nitrogens is 2. The Bertz CT molecular complexity index is 830. The molecule has 0 unspecified atom stereocenters. The molecule has 3 rings (SSSR count). The van der Waals surface area contributed by atoms with E-state index in [1.54, 1.807) is 22.9 Å². The molecule has 0 aliphatic carbocycles. The Labute approximate surface area is 144 Å². The van der Waals surface area contributed by atoms with Crippen LogP contribution in [0.2, 0.25) is 10.2 Å². The number of fused-ring (bicyclic) bond motifs is 1. The Balaban J connectivity index is 2.09. The van der Waals surface area contributed by atoms with Crippen LogP contribution < -0.4 is 10.3 Å². The zero-order valence-corrected chi connectivity index (χ0v) is 14.0. The molecule has 1 aromatic heterocycles. The van der Waals surface area contributed by atoms with Crippen LogP contribution in [0.3, 0.4) is 0 Å². The summed E-state index contributed by atoms with van der Waals surface area (Å²) in [6, 6.07) is 5.17. The summed E-state index contributed by atoms with van der Waals surface area (Å²) in [5.41, 5.74) is 1.09. The van der Waals surface area contributed by atoms with Crippen LogP contribution in [0.1, 0.15) is 19.3 Å². The Hall–Kier alpha value is -1.83. The topological polar surface area (TPSA) is 36.2 Å². The molecule has 23 heavy (non-hydrogen) atoms. The van der Waals surface area contributed by atoms with E-state index in [0.717, 1.165) is 25.8 Å². The van der Waals surface area contributed by atoms with E-state index in [-0.39, 0.29) is 12.2 Å². The second-order valence-corrected chi connectivity index (χ2v) is 6.18. The van der Waals surface area contributed by atoms with Crippen molar-refractivity contribution in [3.8, 4) is 29.2 Å². The van der Waals surface area contributed by atoms with Gasteiger partial charge in [0.1, 0.15) is 17.5 Å². The summed E-state index contributed by atoms with van der Waals surface area (Å²) in [7, 11) is 0. The largest absolute Gasteiger partial charge is 0.479 e. The van der Waals surface area contributed by atoms with E-state index in [2.05, 4.69) is 5.92 Å². The van der Waals surface area contributed by atoms with Crippen LogP contribution in [0.15, 0.2) is 23.0 Å². The van der Waals surface area contributed by atoms with E-state index in [0.29, 0.717) is 33.6 Å². The second kappa shape index (κ2) is 6.74. The van der Waals surface area contributed by atoms with Gasteiger partial charge in [0.15, 0.2) is 0 Å². The highest BCUT2D eigenvalue weighted by molar-refractivity contribution is 6.33. The molecule has 0 fully saturated rings. The molecule has 0 saturated heterocycles. The van der Waals surface area contributed by atoms with E-state index in [4.69, 9.17) is 34.4 Å². The van der Waals surface area contributed by atoms with Crippen molar-refractivity contribution in [3.05, 3.63) is 38.7 Å². The van der Waals surface area contributed by atoms with E-state index >= 15 is 0 Å². The van der Waals surface area contributed by atoms with Crippen LogP contribution in [0, 0.1) is 12.3 Å². The zero-order valence-electron chi connectivity index (χ0n) is 12.5. The maximum absolute atomic E-state index is 12.7. The van der Waals surface area contributed by atoms with Gasteiger partial charge < -0.3 is 4.74 Å². The standard InChI is InChI=1S/C17H16Cl2N2O2/c1-2-10-23-14-11-12(6-7-13(14)18)15-16(19)20-8-4-3-5-9-21(20)17(15)22/h1,6-7,11H,3-5,8-10H2. The van der Waals surface area contributed by atoms with E-state index in [1.807, 2.05) is 4.68 Å². The highest BCUT2D eigenvalue weighted by Crippen LogP contribution is 2.33. The van der Waals surface area contributed by atoms with E-state index in [1.165, 1.54) is 0 Å². The number of hydrogen-bond donors (Lipinski definition) is 0. The molecule has 0 spiro atoms. The molecule has 1 aliphatic rings. The number of nitrogens with zero attached hydrogens (tertiary/aromatic N) is 2. The summed E-state index contributed by atoms with van der Waals surface area (Å²) in [4.78, 5) is 12.7. The summed E-state index contributed by atoms with van der Waals surface area (Å²) in [5, 5.41) is 0.906. The van der Waals surface area contributed by atoms with Gasteiger partial charge in [-0.05, 0) is 37.0 Å². The first-order chi connectivity index (χ1) is 11.1. The number of benzene rings is 1. The van der Waals surface area contributed by atoms with E-state index in [9.17, 15) is 4.79 Å². The molecule has 1 aromatic carbocycles.